The molecule has 0 unspecified atom stereocenters. The van der Waals surface area contributed by atoms with Crippen LogP contribution in [0.1, 0.15) is 72.9 Å². The second-order valence-corrected chi connectivity index (χ2v) is 20.2. The van der Waals surface area contributed by atoms with Gasteiger partial charge in [0.1, 0.15) is 0 Å². The van der Waals surface area contributed by atoms with Crippen molar-refractivity contribution in [3.05, 3.63) is 82.7 Å². The summed E-state index contributed by atoms with van der Waals surface area (Å²) in [5.41, 5.74) is 5.76. The molecule has 2 heterocycles. The minimum atomic E-state index is -1.81. The minimum absolute atomic E-state index is 0.277. The van der Waals surface area contributed by atoms with Gasteiger partial charge in [0.05, 0.1) is 30.5 Å². The average molecular weight is 556 g/mol. The molecule has 2 aromatic carbocycles. The van der Waals surface area contributed by atoms with E-state index in [2.05, 4.69) is 136 Å². The van der Waals surface area contributed by atoms with Crippen LogP contribution in [0.2, 0.25) is 25.2 Å². The van der Waals surface area contributed by atoms with Crippen LogP contribution < -0.4 is 0 Å². The summed E-state index contributed by atoms with van der Waals surface area (Å²) in [6.07, 6.45) is 0.854. The standard InChI is InChI=1S/C33H46B2O4Si/c1-30(2)31(3,4)37-34(36-30)25-22-26(40(9,10)11)29(35-38-32(5,6)33(7,8)39-35)28(24-20-16-13-17-21-24)27(25)23-18-14-12-15-19-23/h12-21,26H,22H2,1-11H3/t26-/m0/s1. The molecule has 7 heteroatoms. The predicted molar refractivity (Wildman–Crippen MR) is 171 cm³/mol. The summed E-state index contributed by atoms with van der Waals surface area (Å²) < 4.78 is 27.3. The second kappa shape index (κ2) is 9.84. The molecule has 40 heavy (non-hydrogen) atoms. The first-order valence-corrected chi connectivity index (χ1v) is 18.3. The fourth-order valence-electron chi connectivity index (χ4n) is 5.99. The van der Waals surface area contributed by atoms with Gasteiger partial charge in [-0.05, 0) is 101 Å². The van der Waals surface area contributed by atoms with Crippen molar-refractivity contribution in [2.75, 3.05) is 0 Å². The van der Waals surface area contributed by atoms with Gasteiger partial charge in [-0.25, -0.2) is 0 Å². The van der Waals surface area contributed by atoms with Gasteiger partial charge in [-0.1, -0.05) is 80.3 Å². The van der Waals surface area contributed by atoms with Gasteiger partial charge in [-0.15, -0.1) is 0 Å². The molecule has 5 rings (SSSR count). The Bertz CT molecular complexity index is 1290. The van der Waals surface area contributed by atoms with Crippen LogP contribution in [-0.2, 0) is 18.6 Å². The molecule has 0 amide bonds. The van der Waals surface area contributed by atoms with Crippen LogP contribution in [0, 0.1) is 0 Å². The Morgan fingerprint density at radius 3 is 1.35 bits per heavy atom. The molecule has 2 aliphatic heterocycles. The zero-order valence-electron chi connectivity index (χ0n) is 26.3. The Hall–Kier alpha value is -1.89. The smallest absolute Gasteiger partial charge is 0.400 e. The molecule has 1 aliphatic carbocycles. The van der Waals surface area contributed by atoms with E-state index in [0.717, 1.165) is 12.0 Å². The lowest BCUT2D eigenvalue weighted by molar-refractivity contribution is 0.00578. The molecule has 0 saturated carbocycles. The maximum Gasteiger partial charge on any atom is 0.491 e. The van der Waals surface area contributed by atoms with Gasteiger partial charge in [-0.2, -0.15) is 0 Å². The number of allylic oxidation sites excluding steroid dienone is 4. The minimum Gasteiger partial charge on any atom is -0.400 e. The maximum atomic E-state index is 6.85. The lowest BCUT2D eigenvalue weighted by Gasteiger charge is -2.40. The molecule has 4 nitrogen and oxygen atoms in total. The van der Waals surface area contributed by atoms with E-state index in [1.807, 2.05) is 0 Å². The fourth-order valence-corrected chi connectivity index (χ4v) is 8.03. The van der Waals surface area contributed by atoms with E-state index in [1.165, 1.54) is 27.7 Å². The summed E-state index contributed by atoms with van der Waals surface area (Å²) in [6.45, 7) is 24.5. The molecule has 0 N–H and O–H groups in total. The molecule has 212 valence electrons. The van der Waals surface area contributed by atoms with Gasteiger partial charge in [0, 0.05) is 0 Å². The third-order valence-electron chi connectivity index (χ3n) is 9.87. The van der Waals surface area contributed by atoms with Crippen LogP contribution in [0.15, 0.2) is 71.6 Å². The number of benzene rings is 2. The monoisotopic (exact) mass is 556 g/mol. The van der Waals surface area contributed by atoms with E-state index >= 15 is 0 Å². The second-order valence-electron chi connectivity index (χ2n) is 14.8. The van der Waals surface area contributed by atoms with E-state index in [9.17, 15) is 0 Å². The largest absolute Gasteiger partial charge is 0.491 e. The van der Waals surface area contributed by atoms with Crippen LogP contribution in [-0.4, -0.2) is 44.7 Å². The predicted octanol–water partition coefficient (Wildman–Crippen LogP) is 8.27. The summed E-state index contributed by atoms with van der Waals surface area (Å²) >= 11 is 0. The number of hydrogen-bond donors (Lipinski definition) is 0. The average Bonchev–Trinajstić information content (AvgIpc) is 3.22. The normalized spacial score (nSPS) is 25.6. The Kier molecular flexibility index (Phi) is 7.28. The third kappa shape index (κ3) is 5.02. The number of hydrogen-bond acceptors (Lipinski definition) is 4. The summed E-state index contributed by atoms with van der Waals surface area (Å²) in [5, 5.41) is 0. The van der Waals surface area contributed by atoms with Gasteiger partial charge in [-0.3, -0.25) is 0 Å². The first-order valence-electron chi connectivity index (χ1n) is 14.7. The van der Waals surface area contributed by atoms with Crippen LogP contribution >= 0.6 is 0 Å². The zero-order chi connectivity index (χ0) is 29.3. The topological polar surface area (TPSA) is 36.9 Å². The van der Waals surface area contributed by atoms with Crippen LogP contribution in [0.3, 0.4) is 0 Å². The Balaban J connectivity index is 1.85. The van der Waals surface area contributed by atoms with Crippen molar-refractivity contribution in [3.63, 3.8) is 0 Å². The third-order valence-corrected chi connectivity index (χ3v) is 12.5. The molecule has 2 fully saturated rings. The lowest BCUT2D eigenvalue weighted by atomic mass is 9.59. The Labute approximate surface area is 243 Å². The SMILES string of the molecule is CC1(C)OB(C2=C(c3ccccc3)C(c3ccccc3)=C(B3OC(C)(C)C(C)(C)O3)[C@@H]([Si](C)(C)C)C2)OC1(C)C. The first-order chi connectivity index (χ1) is 18.5. The maximum absolute atomic E-state index is 6.85. The van der Waals surface area contributed by atoms with E-state index in [0.29, 0.717) is 0 Å². The van der Waals surface area contributed by atoms with Crippen LogP contribution in [0.4, 0.5) is 0 Å². The summed E-state index contributed by atoms with van der Waals surface area (Å²) in [7, 11) is -2.68. The summed E-state index contributed by atoms with van der Waals surface area (Å²) in [5.74, 6) is 0. The fraction of sp³-hybridized carbons (Fsp3) is 0.515. The summed E-state index contributed by atoms with van der Waals surface area (Å²) in [4.78, 5) is 0. The molecule has 2 aromatic rings. The van der Waals surface area contributed by atoms with Crippen molar-refractivity contribution in [1.82, 2.24) is 0 Å². The molecule has 2 saturated heterocycles. The highest BCUT2D eigenvalue weighted by Crippen LogP contribution is 2.55. The molecule has 1 atom stereocenters. The van der Waals surface area contributed by atoms with Crippen LogP contribution in [0.25, 0.3) is 11.1 Å². The van der Waals surface area contributed by atoms with Gasteiger partial charge in [0.25, 0.3) is 0 Å². The highest BCUT2D eigenvalue weighted by molar-refractivity contribution is 6.81. The first kappa shape index (κ1) is 29.6. The molecule has 0 spiro atoms. The van der Waals surface area contributed by atoms with E-state index in [4.69, 9.17) is 18.6 Å². The van der Waals surface area contributed by atoms with E-state index in [-0.39, 0.29) is 5.54 Å². The van der Waals surface area contributed by atoms with Gasteiger partial charge in [0.15, 0.2) is 0 Å². The number of rotatable bonds is 5. The van der Waals surface area contributed by atoms with E-state index < -0.39 is 44.7 Å². The van der Waals surface area contributed by atoms with Crippen molar-refractivity contribution in [2.45, 2.75) is 109 Å². The zero-order valence-corrected chi connectivity index (χ0v) is 27.3. The molecule has 0 bridgehead atoms. The molecular weight excluding hydrogens is 510 g/mol. The molecule has 0 radical (unpaired) electrons. The van der Waals surface area contributed by atoms with Gasteiger partial charge >= 0.3 is 14.2 Å². The molecular formula is C33H46B2O4Si. The highest BCUT2D eigenvalue weighted by atomic mass is 28.3. The van der Waals surface area contributed by atoms with Gasteiger partial charge < -0.3 is 18.6 Å². The van der Waals surface area contributed by atoms with Crippen molar-refractivity contribution in [1.29, 1.82) is 0 Å². The van der Waals surface area contributed by atoms with Gasteiger partial charge in [0.2, 0.25) is 0 Å². The molecule has 3 aliphatic rings. The van der Waals surface area contributed by atoms with Crippen molar-refractivity contribution in [2.24, 2.45) is 0 Å². The summed E-state index contributed by atoms with van der Waals surface area (Å²) in [6, 6.07) is 21.5. The lowest BCUT2D eigenvalue weighted by Crippen LogP contribution is -2.41. The van der Waals surface area contributed by atoms with Crippen LogP contribution in [0.5, 0.6) is 0 Å². The Morgan fingerprint density at radius 1 is 0.575 bits per heavy atom. The Morgan fingerprint density at radius 2 is 0.950 bits per heavy atom. The van der Waals surface area contributed by atoms with Crippen molar-refractivity contribution < 1.29 is 18.6 Å². The quantitative estimate of drug-likeness (QED) is 0.348. The highest BCUT2D eigenvalue weighted by Gasteiger charge is 2.58. The van der Waals surface area contributed by atoms with Crippen molar-refractivity contribution in [3.8, 4) is 0 Å². The van der Waals surface area contributed by atoms with E-state index in [1.54, 1.807) is 0 Å². The van der Waals surface area contributed by atoms with Crippen molar-refractivity contribution >= 4 is 33.5 Å². The molecule has 0 aromatic heterocycles.